The van der Waals surface area contributed by atoms with Crippen molar-refractivity contribution in [3.63, 3.8) is 0 Å². The van der Waals surface area contributed by atoms with Crippen LogP contribution in [0.1, 0.15) is 18.1 Å². The number of benzene rings is 3. The maximum absolute atomic E-state index is 9.65. The van der Waals surface area contributed by atoms with E-state index in [9.17, 15) is 10.5 Å². The summed E-state index contributed by atoms with van der Waals surface area (Å²) in [5.74, 6) is 0. The lowest BCUT2D eigenvalue weighted by Gasteiger charge is -2.28. The Labute approximate surface area is 159 Å². The molecule has 0 spiro atoms. The predicted molar refractivity (Wildman–Crippen MR) is 108 cm³/mol. The minimum atomic E-state index is 0.0450. The first-order valence-corrected chi connectivity index (χ1v) is 8.80. The third-order valence-corrected chi connectivity index (χ3v) is 5.15. The highest BCUT2D eigenvalue weighted by molar-refractivity contribution is 5.89. The van der Waals surface area contributed by atoms with Gasteiger partial charge in [0, 0.05) is 12.7 Å². The third kappa shape index (κ3) is 2.69. The average Bonchev–Trinajstić information content (AvgIpc) is 2.98. The molecule has 4 nitrogen and oxygen atoms in total. The summed E-state index contributed by atoms with van der Waals surface area (Å²) in [5.41, 5.74) is 6.14. The van der Waals surface area contributed by atoms with Crippen molar-refractivity contribution in [2.45, 2.75) is 13.1 Å². The van der Waals surface area contributed by atoms with Crippen LogP contribution in [-0.2, 0) is 0 Å². The summed E-state index contributed by atoms with van der Waals surface area (Å²) >= 11 is 0. The minimum Gasteiger partial charge on any atom is -0.352 e. The van der Waals surface area contributed by atoms with Crippen molar-refractivity contribution in [1.29, 1.82) is 10.5 Å². The molecular formula is C23H18N4. The highest BCUT2D eigenvalue weighted by atomic mass is 15.4. The lowest BCUT2D eigenvalue weighted by molar-refractivity contribution is 0.734. The molecule has 1 aliphatic heterocycles. The van der Waals surface area contributed by atoms with E-state index in [0.29, 0.717) is 11.1 Å². The van der Waals surface area contributed by atoms with E-state index in [1.165, 1.54) is 5.56 Å². The Morgan fingerprint density at radius 1 is 0.852 bits per heavy atom. The van der Waals surface area contributed by atoms with E-state index in [1.807, 2.05) is 31.3 Å². The van der Waals surface area contributed by atoms with Crippen molar-refractivity contribution in [2.24, 2.45) is 0 Å². The van der Waals surface area contributed by atoms with Gasteiger partial charge in [0.1, 0.15) is 12.2 Å². The monoisotopic (exact) mass is 350 g/mol. The molecule has 3 aromatic rings. The lowest BCUT2D eigenvalue weighted by Crippen LogP contribution is -2.35. The number of anilines is 3. The quantitative estimate of drug-likeness (QED) is 0.650. The normalized spacial score (nSPS) is 15.2. The Morgan fingerprint density at radius 3 is 2.15 bits per heavy atom. The average molecular weight is 350 g/mol. The molecule has 0 saturated heterocycles. The van der Waals surface area contributed by atoms with Gasteiger partial charge in [-0.05, 0) is 42.3 Å². The van der Waals surface area contributed by atoms with Crippen molar-refractivity contribution in [2.75, 3.05) is 16.8 Å². The van der Waals surface area contributed by atoms with E-state index in [0.717, 1.165) is 22.6 Å². The SMILES string of the molecule is C[C@H]1N(C)c2cc(C#N)cc(C#N)c2N1c1ccc(-c2ccccc2)cc1. The molecule has 0 bridgehead atoms. The molecule has 1 heterocycles. The molecule has 1 aliphatic rings. The summed E-state index contributed by atoms with van der Waals surface area (Å²) in [4.78, 5) is 4.26. The fourth-order valence-electron chi connectivity index (χ4n) is 3.64. The second-order valence-corrected chi connectivity index (χ2v) is 6.64. The molecule has 0 radical (unpaired) electrons. The fraction of sp³-hybridized carbons (Fsp3) is 0.130. The Hall–Kier alpha value is -3.76. The van der Waals surface area contributed by atoms with Gasteiger partial charge in [-0.1, -0.05) is 42.5 Å². The molecule has 0 aromatic heterocycles. The van der Waals surface area contributed by atoms with E-state index < -0.39 is 0 Å². The van der Waals surface area contributed by atoms with Crippen molar-refractivity contribution >= 4 is 17.1 Å². The number of hydrogen-bond donors (Lipinski definition) is 0. The molecule has 27 heavy (non-hydrogen) atoms. The number of hydrogen-bond acceptors (Lipinski definition) is 4. The first-order chi connectivity index (χ1) is 13.1. The molecule has 4 rings (SSSR count). The standard InChI is InChI=1S/C23H18N4/c1-16-26(2)22-13-17(14-24)12-20(15-25)23(22)27(16)21-10-8-19(9-11-21)18-6-4-3-5-7-18/h3-13,16H,1-2H3/t16-/m0/s1. The van der Waals surface area contributed by atoms with Crippen LogP contribution in [0.3, 0.4) is 0 Å². The molecule has 130 valence electrons. The first-order valence-electron chi connectivity index (χ1n) is 8.80. The van der Waals surface area contributed by atoms with Gasteiger partial charge in [0.15, 0.2) is 0 Å². The predicted octanol–water partition coefficient (Wildman–Crippen LogP) is 5.03. The zero-order valence-electron chi connectivity index (χ0n) is 15.2. The number of fused-ring (bicyclic) bond motifs is 1. The van der Waals surface area contributed by atoms with Crippen molar-refractivity contribution in [3.05, 3.63) is 77.9 Å². The Bertz CT molecular complexity index is 1070. The van der Waals surface area contributed by atoms with Crippen LogP contribution >= 0.6 is 0 Å². The Balaban J connectivity index is 1.80. The van der Waals surface area contributed by atoms with E-state index in [2.05, 4.69) is 65.3 Å². The van der Waals surface area contributed by atoms with Gasteiger partial charge in [0.2, 0.25) is 0 Å². The van der Waals surface area contributed by atoms with Gasteiger partial charge in [-0.2, -0.15) is 10.5 Å². The van der Waals surface area contributed by atoms with Gasteiger partial charge >= 0.3 is 0 Å². The van der Waals surface area contributed by atoms with Crippen LogP contribution < -0.4 is 9.80 Å². The minimum absolute atomic E-state index is 0.0450. The second-order valence-electron chi connectivity index (χ2n) is 6.64. The van der Waals surface area contributed by atoms with Gasteiger partial charge in [0.25, 0.3) is 0 Å². The molecule has 1 atom stereocenters. The molecule has 0 saturated carbocycles. The van der Waals surface area contributed by atoms with Crippen LogP contribution in [0.2, 0.25) is 0 Å². The Morgan fingerprint density at radius 2 is 1.52 bits per heavy atom. The topological polar surface area (TPSA) is 54.1 Å². The van der Waals surface area contributed by atoms with E-state index in [-0.39, 0.29) is 6.17 Å². The lowest BCUT2D eigenvalue weighted by atomic mass is 10.0. The van der Waals surface area contributed by atoms with Crippen LogP contribution in [0.5, 0.6) is 0 Å². The molecular weight excluding hydrogens is 332 g/mol. The molecule has 0 aliphatic carbocycles. The number of nitriles is 2. The van der Waals surface area contributed by atoms with Crippen LogP contribution in [-0.4, -0.2) is 13.2 Å². The molecule has 0 amide bonds. The summed E-state index contributed by atoms with van der Waals surface area (Å²) < 4.78 is 0. The highest BCUT2D eigenvalue weighted by Gasteiger charge is 2.34. The summed E-state index contributed by atoms with van der Waals surface area (Å²) in [6.45, 7) is 2.10. The second kappa shape index (κ2) is 6.52. The maximum atomic E-state index is 9.65. The molecule has 0 fully saturated rings. The molecule has 0 unspecified atom stereocenters. The van der Waals surface area contributed by atoms with E-state index in [1.54, 1.807) is 6.07 Å². The van der Waals surface area contributed by atoms with Crippen molar-refractivity contribution in [3.8, 4) is 23.3 Å². The summed E-state index contributed by atoms with van der Waals surface area (Å²) in [5, 5.41) is 18.9. The van der Waals surface area contributed by atoms with Crippen LogP contribution in [0.25, 0.3) is 11.1 Å². The zero-order valence-corrected chi connectivity index (χ0v) is 15.2. The maximum Gasteiger partial charge on any atom is 0.103 e. The largest absolute Gasteiger partial charge is 0.352 e. The smallest absolute Gasteiger partial charge is 0.103 e. The highest BCUT2D eigenvalue weighted by Crippen LogP contribution is 2.46. The zero-order chi connectivity index (χ0) is 19.0. The number of rotatable bonds is 2. The molecule has 0 N–H and O–H groups in total. The molecule has 4 heteroatoms. The van der Waals surface area contributed by atoms with Gasteiger partial charge in [-0.3, -0.25) is 0 Å². The van der Waals surface area contributed by atoms with Gasteiger partial charge in [-0.15, -0.1) is 0 Å². The molecule has 3 aromatic carbocycles. The summed E-state index contributed by atoms with van der Waals surface area (Å²) in [6.07, 6.45) is 0.0450. The van der Waals surface area contributed by atoms with Crippen molar-refractivity contribution < 1.29 is 0 Å². The van der Waals surface area contributed by atoms with E-state index in [4.69, 9.17) is 0 Å². The Kier molecular flexibility index (Phi) is 4.03. The fourth-order valence-corrected chi connectivity index (χ4v) is 3.64. The van der Waals surface area contributed by atoms with Gasteiger partial charge < -0.3 is 9.80 Å². The summed E-state index contributed by atoms with van der Waals surface area (Å²) in [7, 11) is 1.99. The van der Waals surface area contributed by atoms with Gasteiger partial charge in [0.05, 0.1) is 28.6 Å². The van der Waals surface area contributed by atoms with Crippen LogP contribution in [0, 0.1) is 22.7 Å². The van der Waals surface area contributed by atoms with Crippen LogP contribution in [0.4, 0.5) is 17.1 Å². The number of nitrogens with zero attached hydrogens (tertiary/aromatic N) is 4. The van der Waals surface area contributed by atoms with Gasteiger partial charge in [-0.25, -0.2) is 0 Å². The summed E-state index contributed by atoms with van der Waals surface area (Å²) in [6, 6.07) is 26.6. The first kappa shape index (κ1) is 16.7. The van der Waals surface area contributed by atoms with Crippen LogP contribution in [0.15, 0.2) is 66.7 Å². The van der Waals surface area contributed by atoms with Crippen molar-refractivity contribution in [1.82, 2.24) is 0 Å². The van der Waals surface area contributed by atoms with E-state index >= 15 is 0 Å². The third-order valence-electron chi connectivity index (χ3n) is 5.15.